The summed E-state index contributed by atoms with van der Waals surface area (Å²) in [6.45, 7) is 1.67. The Morgan fingerprint density at radius 3 is 2.67 bits per heavy atom. The Morgan fingerprint density at radius 1 is 1.29 bits per heavy atom. The van der Waals surface area contributed by atoms with Gasteiger partial charge >= 0.3 is 0 Å². The number of amides is 1. The van der Waals surface area contributed by atoms with Crippen molar-refractivity contribution in [2.45, 2.75) is 25.7 Å². The average molecular weight is 349 g/mol. The zero-order chi connectivity index (χ0) is 16.9. The van der Waals surface area contributed by atoms with E-state index in [0.717, 1.165) is 31.5 Å². The third kappa shape index (κ3) is 4.16. The monoisotopic (exact) mass is 348 g/mol. The predicted molar refractivity (Wildman–Crippen MR) is 91.7 cm³/mol. The van der Waals surface area contributed by atoms with E-state index in [-0.39, 0.29) is 12.5 Å². The van der Waals surface area contributed by atoms with Crippen LogP contribution in [0.1, 0.15) is 25.2 Å². The van der Waals surface area contributed by atoms with Crippen LogP contribution in [-0.2, 0) is 11.2 Å². The first-order chi connectivity index (χ1) is 11.7. The first-order valence-electron chi connectivity index (χ1n) is 8.25. The van der Waals surface area contributed by atoms with E-state index in [1.807, 2.05) is 17.0 Å². The molecule has 6 heteroatoms. The van der Waals surface area contributed by atoms with Gasteiger partial charge in [0.1, 0.15) is 0 Å². The fraction of sp³-hybridized carbons (Fsp3) is 0.444. The molecule has 1 aliphatic heterocycles. The topological polar surface area (TPSA) is 66.6 Å². The number of likely N-dealkylation sites (tertiary alicyclic amines) is 1. The van der Waals surface area contributed by atoms with E-state index in [9.17, 15) is 4.79 Å². The maximum absolute atomic E-state index is 12.3. The number of piperidine rings is 1. The van der Waals surface area contributed by atoms with Crippen molar-refractivity contribution in [2.75, 3.05) is 19.7 Å². The fourth-order valence-corrected chi connectivity index (χ4v) is 3.04. The normalized spacial score (nSPS) is 15.7. The number of aliphatic hydroxyl groups is 1. The van der Waals surface area contributed by atoms with Crippen LogP contribution in [-0.4, -0.2) is 40.6 Å². The van der Waals surface area contributed by atoms with Crippen LogP contribution in [0.5, 0.6) is 0 Å². The number of halogens is 1. The minimum Gasteiger partial charge on any atom is -0.441 e. The molecule has 128 valence electrons. The standard InChI is InChI=1S/C18H21ClN2O3/c19-15-3-1-14(2-4-15)16-11-20-17(24-16)5-6-18(23)21-9-7-13(12-22)8-10-21/h1-4,11,13,22H,5-10,12H2. The van der Waals surface area contributed by atoms with E-state index in [1.165, 1.54) is 0 Å². The number of hydrogen-bond donors (Lipinski definition) is 1. The van der Waals surface area contributed by atoms with Crippen LogP contribution in [0.4, 0.5) is 0 Å². The van der Waals surface area contributed by atoms with Gasteiger partial charge < -0.3 is 14.4 Å². The number of hydrogen-bond acceptors (Lipinski definition) is 4. The molecule has 1 N–H and O–H groups in total. The van der Waals surface area contributed by atoms with Gasteiger partial charge in [0, 0.05) is 43.1 Å². The van der Waals surface area contributed by atoms with Crippen LogP contribution in [0.15, 0.2) is 34.9 Å². The van der Waals surface area contributed by atoms with E-state index in [2.05, 4.69) is 4.98 Å². The minimum atomic E-state index is 0.123. The van der Waals surface area contributed by atoms with Crippen molar-refractivity contribution in [2.24, 2.45) is 5.92 Å². The lowest BCUT2D eigenvalue weighted by Crippen LogP contribution is -2.39. The van der Waals surface area contributed by atoms with Gasteiger partial charge in [-0.25, -0.2) is 4.98 Å². The second-order valence-electron chi connectivity index (χ2n) is 6.13. The molecule has 0 bridgehead atoms. The van der Waals surface area contributed by atoms with Crippen molar-refractivity contribution in [1.29, 1.82) is 0 Å². The van der Waals surface area contributed by atoms with Crippen LogP contribution in [0.25, 0.3) is 11.3 Å². The molecule has 5 nitrogen and oxygen atoms in total. The zero-order valence-corrected chi connectivity index (χ0v) is 14.2. The van der Waals surface area contributed by atoms with Crippen LogP contribution in [0.2, 0.25) is 5.02 Å². The van der Waals surface area contributed by atoms with Crippen molar-refractivity contribution in [3.63, 3.8) is 0 Å². The first-order valence-corrected chi connectivity index (χ1v) is 8.63. The lowest BCUT2D eigenvalue weighted by Gasteiger charge is -2.31. The molecule has 0 atom stereocenters. The Bertz CT molecular complexity index is 676. The summed E-state index contributed by atoms with van der Waals surface area (Å²) in [7, 11) is 0. The molecule has 1 aliphatic rings. The Balaban J connectivity index is 1.52. The Morgan fingerprint density at radius 2 is 2.00 bits per heavy atom. The molecule has 1 amide bonds. The number of aliphatic hydroxyl groups excluding tert-OH is 1. The molecule has 0 saturated carbocycles. The van der Waals surface area contributed by atoms with Crippen molar-refractivity contribution in [3.05, 3.63) is 41.4 Å². The van der Waals surface area contributed by atoms with Crippen LogP contribution < -0.4 is 0 Å². The first kappa shape index (κ1) is 17.0. The fourth-order valence-electron chi connectivity index (χ4n) is 2.91. The number of aromatic nitrogens is 1. The van der Waals surface area contributed by atoms with Crippen molar-refractivity contribution in [3.8, 4) is 11.3 Å². The summed E-state index contributed by atoms with van der Waals surface area (Å²) in [6, 6.07) is 7.36. The number of oxazole rings is 1. The molecule has 3 rings (SSSR count). The van der Waals surface area contributed by atoms with E-state index in [1.54, 1.807) is 18.3 Å². The number of rotatable bonds is 5. The van der Waals surface area contributed by atoms with Crippen LogP contribution in [0, 0.1) is 5.92 Å². The summed E-state index contributed by atoms with van der Waals surface area (Å²) in [5.41, 5.74) is 0.913. The average Bonchev–Trinajstić information content (AvgIpc) is 3.09. The van der Waals surface area contributed by atoms with E-state index in [0.29, 0.717) is 35.4 Å². The summed E-state index contributed by atoms with van der Waals surface area (Å²) in [5, 5.41) is 9.82. The third-order valence-corrected chi connectivity index (χ3v) is 4.71. The summed E-state index contributed by atoms with van der Waals surface area (Å²) in [4.78, 5) is 18.4. The molecular formula is C18H21ClN2O3. The highest BCUT2D eigenvalue weighted by Gasteiger charge is 2.22. The van der Waals surface area contributed by atoms with Gasteiger partial charge in [0.15, 0.2) is 11.7 Å². The van der Waals surface area contributed by atoms with Gasteiger partial charge in [0.25, 0.3) is 0 Å². The lowest BCUT2D eigenvalue weighted by molar-refractivity contribution is -0.132. The van der Waals surface area contributed by atoms with Gasteiger partial charge in [-0.2, -0.15) is 0 Å². The Hall–Kier alpha value is -1.85. The maximum Gasteiger partial charge on any atom is 0.223 e. The van der Waals surface area contributed by atoms with E-state index in [4.69, 9.17) is 21.1 Å². The molecule has 0 unspecified atom stereocenters. The molecule has 1 aromatic heterocycles. The summed E-state index contributed by atoms with van der Waals surface area (Å²) in [6.07, 6.45) is 4.32. The van der Waals surface area contributed by atoms with E-state index >= 15 is 0 Å². The number of nitrogens with zero attached hydrogens (tertiary/aromatic N) is 2. The molecular weight excluding hydrogens is 328 g/mol. The van der Waals surface area contributed by atoms with Gasteiger partial charge in [-0.15, -0.1) is 0 Å². The third-order valence-electron chi connectivity index (χ3n) is 4.46. The van der Waals surface area contributed by atoms with Crippen molar-refractivity contribution in [1.82, 2.24) is 9.88 Å². The van der Waals surface area contributed by atoms with Crippen molar-refractivity contribution < 1.29 is 14.3 Å². The minimum absolute atomic E-state index is 0.123. The molecule has 2 aromatic rings. The molecule has 24 heavy (non-hydrogen) atoms. The SMILES string of the molecule is O=C(CCc1ncc(-c2ccc(Cl)cc2)o1)N1CCC(CO)CC1. The molecule has 1 aromatic carbocycles. The summed E-state index contributed by atoms with van der Waals surface area (Å²) >= 11 is 5.88. The smallest absolute Gasteiger partial charge is 0.223 e. The molecule has 1 fully saturated rings. The quantitative estimate of drug-likeness (QED) is 0.901. The molecule has 0 radical (unpaired) electrons. The highest BCUT2D eigenvalue weighted by atomic mass is 35.5. The van der Waals surface area contributed by atoms with Gasteiger partial charge in [-0.1, -0.05) is 11.6 Å². The van der Waals surface area contributed by atoms with Crippen LogP contribution >= 0.6 is 11.6 Å². The maximum atomic E-state index is 12.3. The largest absolute Gasteiger partial charge is 0.441 e. The van der Waals surface area contributed by atoms with Gasteiger partial charge in [-0.05, 0) is 43.0 Å². The number of carbonyl (C=O) groups is 1. The summed E-state index contributed by atoms with van der Waals surface area (Å²) < 4.78 is 5.72. The molecule has 0 spiro atoms. The zero-order valence-electron chi connectivity index (χ0n) is 13.4. The predicted octanol–water partition coefficient (Wildman–Crippen LogP) is 3.16. The second kappa shape index (κ2) is 7.81. The second-order valence-corrected chi connectivity index (χ2v) is 6.57. The Kier molecular flexibility index (Phi) is 5.53. The van der Waals surface area contributed by atoms with Crippen molar-refractivity contribution >= 4 is 17.5 Å². The highest BCUT2D eigenvalue weighted by Crippen LogP contribution is 2.23. The Labute approximate surface area is 146 Å². The van der Waals surface area contributed by atoms with Gasteiger partial charge in [-0.3, -0.25) is 4.79 Å². The summed E-state index contributed by atoms with van der Waals surface area (Å²) in [5.74, 6) is 1.71. The van der Waals surface area contributed by atoms with Gasteiger partial charge in [0.2, 0.25) is 5.91 Å². The number of benzene rings is 1. The highest BCUT2D eigenvalue weighted by molar-refractivity contribution is 6.30. The molecule has 1 saturated heterocycles. The number of carbonyl (C=O) groups excluding carboxylic acids is 1. The van der Waals surface area contributed by atoms with E-state index < -0.39 is 0 Å². The van der Waals surface area contributed by atoms with Gasteiger partial charge in [0.05, 0.1) is 6.20 Å². The lowest BCUT2D eigenvalue weighted by atomic mass is 9.97. The van der Waals surface area contributed by atoms with Crippen LogP contribution in [0.3, 0.4) is 0 Å². The molecule has 0 aliphatic carbocycles. The molecule has 2 heterocycles. The number of aryl methyl sites for hydroxylation is 1.